The normalized spacial score (nSPS) is 17.7. The summed E-state index contributed by atoms with van der Waals surface area (Å²) in [4.78, 5) is 11.4. The number of aromatic nitrogens is 3. The molecule has 0 bridgehead atoms. The number of aliphatic imine (C=N–C) groups is 1. The molecular weight excluding hydrogens is 473 g/mol. The van der Waals surface area contributed by atoms with Crippen molar-refractivity contribution < 1.29 is 0 Å². The summed E-state index contributed by atoms with van der Waals surface area (Å²) in [5.74, 6) is 1.31. The Labute approximate surface area is 182 Å². The minimum absolute atomic E-state index is 0. The molecule has 3 heterocycles. The van der Waals surface area contributed by atoms with Crippen LogP contribution < -0.4 is 15.5 Å². The summed E-state index contributed by atoms with van der Waals surface area (Å²) in [6, 6.07) is 0.372. The first-order chi connectivity index (χ1) is 12.5. The van der Waals surface area contributed by atoms with Crippen LogP contribution in [0.4, 0.5) is 5.69 Å². The van der Waals surface area contributed by atoms with Gasteiger partial charge in [-0.3, -0.25) is 9.67 Å². The first-order valence-corrected chi connectivity index (χ1v) is 10.1. The average molecular weight is 503 g/mol. The fraction of sp³-hybridized carbons (Fsp3) is 0.611. The Bertz CT molecular complexity index is 740. The smallest absolute Gasteiger partial charge is 0.191 e. The highest BCUT2D eigenvalue weighted by atomic mass is 127. The van der Waals surface area contributed by atoms with E-state index in [9.17, 15) is 0 Å². The van der Waals surface area contributed by atoms with Crippen molar-refractivity contribution in [1.82, 2.24) is 25.4 Å². The van der Waals surface area contributed by atoms with Crippen molar-refractivity contribution in [2.24, 2.45) is 12.0 Å². The van der Waals surface area contributed by atoms with Crippen LogP contribution >= 0.6 is 35.3 Å². The van der Waals surface area contributed by atoms with E-state index in [1.165, 1.54) is 10.7 Å². The number of guanidine groups is 1. The van der Waals surface area contributed by atoms with Crippen LogP contribution in [0.1, 0.15) is 43.3 Å². The van der Waals surface area contributed by atoms with Gasteiger partial charge < -0.3 is 15.5 Å². The van der Waals surface area contributed by atoms with Crippen LogP contribution in [0.15, 0.2) is 22.8 Å². The van der Waals surface area contributed by atoms with Crippen molar-refractivity contribution in [2.45, 2.75) is 45.2 Å². The van der Waals surface area contributed by atoms with Crippen LogP contribution in [0.25, 0.3) is 0 Å². The number of thiazole rings is 1. The molecule has 7 nitrogen and oxygen atoms in total. The molecule has 2 aromatic rings. The molecule has 1 fully saturated rings. The predicted octanol–water partition coefficient (Wildman–Crippen LogP) is 2.95. The molecule has 1 saturated heterocycles. The van der Waals surface area contributed by atoms with Gasteiger partial charge in [0, 0.05) is 50.7 Å². The average Bonchev–Trinajstić information content (AvgIpc) is 3.28. The lowest BCUT2D eigenvalue weighted by Crippen LogP contribution is -2.51. The zero-order valence-electron chi connectivity index (χ0n) is 16.5. The minimum atomic E-state index is 0. The Morgan fingerprint density at radius 2 is 2.26 bits per heavy atom. The SMILES string of the molecule is CN=C(NCc1csc(C(C)C)n1)NC1CCCN(c2cnn(C)c2)C1.I. The lowest BCUT2D eigenvalue weighted by Gasteiger charge is -2.34. The molecule has 1 unspecified atom stereocenters. The van der Waals surface area contributed by atoms with Crippen LogP contribution in [0.2, 0.25) is 0 Å². The summed E-state index contributed by atoms with van der Waals surface area (Å²) in [6.07, 6.45) is 6.31. The van der Waals surface area contributed by atoms with Crippen LogP contribution in [0.5, 0.6) is 0 Å². The van der Waals surface area contributed by atoms with Gasteiger partial charge in [-0.1, -0.05) is 13.8 Å². The number of aryl methyl sites for hydroxylation is 1. The van der Waals surface area contributed by atoms with Gasteiger partial charge in [-0.05, 0) is 12.8 Å². The maximum absolute atomic E-state index is 4.67. The van der Waals surface area contributed by atoms with Crippen LogP contribution in [0, 0.1) is 0 Å². The van der Waals surface area contributed by atoms with Gasteiger partial charge in [0.2, 0.25) is 0 Å². The van der Waals surface area contributed by atoms with E-state index in [1.54, 1.807) is 11.3 Å². The van der Waals surface area contributed by atoms with E-state index in [-0.39, 0.29) is 24.0 Å². The lowest BCUT2D eigenvalue weighted by molar-refractivity contribution is 0.468. The molecular formula is C18H30IN7S. The highest BCUT2D eigenvalue weighted by molar-refractivity contribution is 14.0. The molecule has 1 aliphatic heterocycles. The molecule has 9 heteroatoms. The first-order valence-electron chi connectivity index (χ1n) is 9.20. The third-order valence-electron chi connectivity index (χ3n) is 4.54. The van der Waals surface area contributed by atoms with Gasteiger partial charge in [0.1, 0.15) is 0 Å². The van der Waals surface area contributed by atoms with E-state index in [1.807, 2.05) is 25.0 Å². The fourth-order valence-electron chi connectivity index (χ4n) is 3.13. The quantitative estimate of drug-likeness (QED) is 0.373. The summed E-state index contributed by atoms with van der Waals surface area (Å²) in [5.41, 5.74) is 2.26. The van der Waals surface area contributed by atoms with Gasteiger partial charge in [-0.2, -0.15) is 5.10 Å². The topological polar surface area (TPSA) is 70.4 Å². The van der Waals surface area contributed by atoms with E-state index in [0.717, 1.165) is 37.6 Å². The van der Waals surface area contributed by atoms with E-state index in [0.29, 0.717) is 18.5 Å². The van der Waals surface area contributed by atoms with E-state index in [2.05, 4.69) is 56.0 Å². The molecule has 3 rings (SSSR count). The first kappa shape index (κ1) is 21.9. The Balaban J connectivity index is 0.00000261. The molecule has 0 aromatic carbocycles. The largest absolute Gasteiger partial charge is 0.367 e. The van der Waals surface area contributed by atoms with Crippen molar-refractivity contribution in [3.05, 3.63) is 28.5 Å². The van der Waals surface area contributed by atoms with E-state index in [4.69, 9.17) is 0 Å². The van der Waals surface area contributed by atoms with Gasteiger partial charge in [0.15, 0.2) is 5.96 Å². The summed E-state index contributed by atoms with van der Waals surface area (Å²) >= 11 is 1.73. The zero-order valence-corrected chi connectivity index (χ0v) is 19.6. The monoisotopic (exact) mass is 503 g/mol. The van der Waals surface area contributed by atoms with Gasteiger partial charge in [-0.15, -0.1) is 35.3 Å². The zero-order chi connectivity index (χ0) is 18.5. The van der Waals surface area contributed by atoms with Gasteiger partial charge >= 0.3 is 0 Å². The summed E-state index contributed by atoms with van der Waals surface area (Å²) in [6.45, 7) is 7.08. The molecule has 0 radical (unpaired) electrons. The van der Waals surface area contributed by atoms with E-state index >= 15 is 0 Å². The molecule has 0 amide bonds. The summed E-state index contributed by atoms with van der Waals surface area (Å²) in [5, 5.41) is 14.5. The fourth-order valence-corrected chi connectivity index (χ4v) is 3.97. The Hall–Kier alpha value is -1.36. The molecule has 27 heavy (non-hydrogen) atoms. The molecule has 0 spiro atoms. The molecule has 1 atom stereocenters. The summed E-state index contributed by atoms with van der Waals surface area (Å²) in [7, 11) is 3.77. The predicted molar refractivity (Wildman–Crippen MR) is 123 cm³/mol. The number of hydrogen-bond donors (Lipinski definition) is 2. The number of rotatable bonds is 5. The van der Waals surface area contributed by atoms with Crippen molar-refractivity contribution in [2.75, 3.05) is 25.0 Å². The summed E-state index contributed by atoms with van der Waals surface area (Å²) < 4.78 is 1.85. The molecule has 2 N–H and O–H groups in total. The Morgan fingerprint density at radius 1 is 1.44 bits per heavy atom. The highest BCUT2D eigenvalue weighted by Gasteiger charge is 2.21. The Kier molecular flexibility index (Phi) is 8.33. The van der Waals surface area contributed by atoms with Crippen molar-refractivity contribution in [3.8, 4) is 0 Å². The number of nitrogens with one attached hydrogen (secondary N) is 2. The number of hydrogen-bond acceptors (Lipinski definition) is 5. The second-order valence-corrected chi connectivity index (χ2v) is 7.95. The number of piperidine rings is 1. The second-order valence-electron chi connectivity index (χ2n) is 7.06. The van der Waals surface area contributed by atoms with Crippen molar-refractivity contribution >= 4 is 47.0 Å². The molecule has 0 aliphatic carbocycles. The van der Waals surface area contributed by atoms with Gasteiger partial charge in [0.05, 0.1) is 29.1 Å². The van der Waals surface area contributed by atoms with Crippen molar-refractivity contribution in [3.63, 3.8) is 0 Å². The standard InChI is InChI=1S/C18H29N7S.HI/c1-13(2)17-22-15(12-26-17)8-20-18(19-3)23-14-6-5-7-25(10-14)16-9-21-24(4)11-16;/h9,11-14H,5-8,10H2,1-4H3,(H2,19,20,23);1H. The highest BCUT2D eigenvalue weighted by Crippen LogP contribution is 2.20. The molecule has 2 aromatic heterocycles. The molecule has 1 aliphatic rings. The van der Waals surface area contributed by atoms with Crippen molar-refractivity contribution in [1.29, 1.82) is 0 Å². The van der Waals surface area contributed by atoms with Gasteiger partial charge in [0.25, 0.3) is 0 Å². The van der Waals surface area contributed by atoms with Gasteiger partial charge in [-0.25, -0.2) is 4.98 Å². The lowest BCUT2D eigenvalue weighted by atomic mass is 10.1. The molecule has 150 valence electrons. The van der Waals surface area contributed by atoms with Crippen LogP contribution in [-0.4, -0.2) is 46.9 Å². The number of nitrogens with zero attached hydrogens (tertiary/aromatic N) is 5. The third kappa shape index (κ3) is 6.06. The Morgan fingerprint density at radius 3 is 2.89 bits per heavy atom. The van der Waals surface area contributed by atoms with E-state index < -0.39 is 0 Å². The number of anilines is 1. The molecule has 0 saturated carbocycles. The number of halogens is 1. The third-order valence-corrected chi connectivity index (χ3v) is 5.74. The maximum atomic E-state index is 4.67. The minimum Gasteiger partial charge on any atom is -0.367 e. The maximum Gasteiger partial charge on any atom is 0.191 e. The van der Waals surface area contributed by atoms with Crippen LogP contribution in [-0.2, 0) is 13.6 Å². The van der Waals surface area contributed by atoms with Crippen LogP contribution in [0.3, 0.4) is 0 Å². The second kappa shape index (κ2) is 10.3.